The quantitative estimate of drug-likeness (QED) is 0.841. The zero-order chi connectivity index (χ0) is 12.1. The van der Waals surface area contributed by atoms with Gasteiger partial charge in [0.2, 0.25) is 0 Å². The van der Waals surface area contributed by atoms with Gasteiger partial charge in [0, 0.05) is 30.6 Å². The lowest BCUT2D eigenvalue weighted by Crippen LogP contribution is -2.12. The Hall–Kier alpha value is -2.08. The van der Waals surface area contributed by atoms with Crippen molar-refractivity contribution in [3.05, 3.63) is 41.0 Å². The summed E-state index contributed by atoms with van der Waals surface area (Å²) in [5.74, 6) is 0.498. The Balaban J connectivity index is 2.35. The van der Waals surface area contributed by atoms with E-state index in [1.807, 2.05) is 6.92 Å². The van der Waals surface area contributed by atoms with Crippen LogP contribution in [-0.2, 0) is 11.3 Å². The number of ether oxygens (including phenoxy) is 1. The predicted molar refractivity (Wildman–Crippen MR) is 61.2 cm³/mol. The molecule has 0 aliphatic carbocycles. The normalized spacial score (nSPS) is 10.4. The largest absolute Gasteiger partial charge is 0.374 e. The van der Waals surface area contributed by atoms with Crippen molar-refractivity contribution in [3.8, 4) is 11.3 Å². The van der Waals surface area contributed by atoms with E-state index in [9.17, 15) is 4.79 Å². The van der Waals surface area contributed by atoms with E-state index < -0.39 is 0 Å². The maximum Gasteiger partial charge on any atom is 0.251 e. The molecule has 2 heterocycles. The SMILES string of the molecule is CCOCc1nc(-c2cncnc2)cc(=O)[nH]1. The zero-order valence-corrected chi connectivity index (χ0v) is 9.38. The van der Waals surface area contributed by atoms with Crippen molar-refractivity contribution in [2.24, 2.45) is 0 Å². The third-order valence-corrected chi connectivity index (χ3v) is 2.09. The number of aromatic nitrogens is 4. The number of hydrogen-bond donors (Lipinski definition) is 1. The minimum atomic E-state index is -0.214. The summed E-state index contributed by atoms with van der Waals surface area (Å²) in [6, 6.07) is 1.41. The maximum absolute atomic E-state index is 11.5. The van der Waals surface area contributed by atoms with Gasteiger partial charge in [-0.2, -0.15) is 0 Å². The lowest BCUT2D eigenvalue weighted by Gasteiger charge is -2.03. The van der Waals surface area contributed by atoms with Crippen LogP contribution in [0.25, 0.3) is 11.3 Å². The van der Waals surface area contributed by atoms with Gasteiger partial charge in [-0.15, -0.1) is 0 Å². The highest BCUT2D eigenvalue weighted by Gasteiger charge is 2.04. The average molecular weight is 232 g/mol. The van der Waals surface area contributed by atoms with E-state index in [2.05, 4.69) is 19.9 Å². The van der Waals surface area contributed by atoms with Crippen molar-refractivity contribution in [3.63, 3.8) is 0 Å². The van der Waals surface area contributed by atoms with Crippen LogP contribution in [0.3, 0.4) is 0 Å². The molecule has 0 aromatic carbocycles. The molecule has 0 saturated carbocycles. The Labute approximate surface area is 97.7 Å². The predicted octanol–water partition coefficient (Wildman–Crippen LogP) is 0.763. The van der Waals surface area contributed by atoms with Crippen LogP contribution in [0.2, 0.25) is 0 Å². The smallest absolute Gasteiger partial charge is 0.251 e. The lowest BCUT2D eigenvalue weighted by atomic mass is 10.2. The third-order valence-electron chi connectivity index (χ3n) is 2.09. The molecule has 2 rings (SSSR count). The van der Waals surface area contributed by atoms with Gasteiger partial charge in [0.1, 0.15) is 18.8 Å². The standard InChI is InChI=1S/C11H12N4O2/c1-2-17-6-10-14-9(3-11(16)15-10)8-4-12-7-13-5-8/h3-5,7H,2,6H2,1H3,(H,14,15,16). The molecule has 1 N–H and O–H groups in total. The molecule has 0 aliphatic heterocycles. The van der Waals surface area contributed by atoms with E-state index in [1.54, 1.807) is 12.4 Å². The molecule has 6 heteroatoms. The number of aromatic amines is 1. The van der Waals surface area contributed by atoms with Crippen LogP contribution in [-0.4, -0.2) is 26.5 Å². The van der Waals surface area contributed by atoms with Crippen LogP contribution in [0.15, 0.2) is 29.6 Å². The summed E-state index contributed by atoms with van der Waals surface area (Å²) in [5.41, 5.74) is 1.04. The second kappa shape index (κ2) is 5.31. The van der Waals surface area contributed by atoms with E-state index in [-0.39, 0.29) is 12.2 Å². The van der Waals surface area contributed by atoms with Crippen LogP contribution < -0.4 is 5.56 Å². The Morgan fingerprint density at radius 3 is 2.82 bits per heavy atom. The Morgan fingerprint density at radius 2 is 2.12 bits per heavy atom. The van der Waals surface area contributed by atoms with Gasteiger partial charge in [0.25, 0.3) is 5.56 Å². The minimum Gasteiger partial charge on any atom is -0.374 e. The Morgan fingerprint density at radius 1 is 1.35 bits per heavy atom. The molecule has 17 heavy (non-hydrogen) atoms. The highest BCUT2D eigenvalue weighted by Crippen LogP contribution is 2.11. The fourth-order valence-corrected chi connectivity index (χ4v) is 1.35. The second-order valence-corrected chi connectivity index (χ2v) is 3.34. The molecule has 2 aromatic heterocycles. The van der Waals surface area contributed by atoms with Gasteiger partial charge in [-0.05, 0) is 6.92 Å². The summed E-state index contributed by atoms with van der Waals surface area (Å²) in [6.45, 7) is 2.74. The minimum absolute atomic E-state index is 0.214. The van der Waals surface area contributed by atoms with Crippen molar-refractivity contribution in [2.75, 3.05) is 6.61 Å². The molecule has 2 aromatic rings. The number of nitrogens with zero attached hydrogens (tertiary/aromatic N) is 3. The molecule has 0 amide bonds. The van der Waals surface area contributed by atoms with E-state index >= 15 is 0 Å². The third kappa shape index (κ3) is 2.94. The first-order valence-electron chi connectivity index (χ1n) is 5.23. The first-order valence-corrected chi connectivity index (χ1v) is 5.23. The molecule has 88 valence electrons. The summed E-state index contributed by atoms with van der Waals surface area (Å²) in [4.78, 5) is 26.1. The summed E-state index contributed by atoms with van der Waals surface area (Å²) in [6.07, 6.45) is 4.65. The van der Waals surface area contributed by atoms with Crippen molar-refractivity contribution < 1.29 is 4.74 Å². The molecule has 0 spiro atoms. The van der Waals surface area contributed by atoms with E-state index in [4.69, 9.17) is 4.74 Å². The Bertz CT molecular complexity index is 539. The van der Waals surface area contributed by atoms with Crippen LogP contribution in [0.4, 0.5) is 0 Å². The molecule has 0 unspecified atom stereocenters. The van der Waals surface area contributed by atoms with E-state index in [0.29, 0.717) is 23.7 Å². The van der Waals surface area contributed by atoms with Gasteiger partial charge in [-0.3, -0.25) is 4.79 Å². The highest BCUT2D eigenvalue weighted by atomic mass is 16.5. The summed E-state index contributed by atoms with van der Waals surface area (Å²) >= 11 is 0. The van der Waals surface area contributed by atoms with Crippen LogP contribution in [0.1, 0.15) is 12.7 Å². The van der Waals surface area contributed by atoms with E-state index in [1.165, 1.54) is 12.4 Å². The fraction of sp³-hybridized carbons (Fsp3) is 0.273. The highest BCUT2D eigenvalue weighted by molar-refractivity contribution is 5.55. The van der Waals surface area contributed by atoms with Crippen molar-refractivity contribution in [2.45, 2.75) is 13.5 Å². The summed E-state index contributed by atoms with van der Waals surface area (Å²) < 4.78 is 5.20. The number of rotatable bonds is 4. The summed E-state index contributed by atoms with van der Waals surface area (Å²) in [5, 5.41) is 0. The average Bonchev–Trinajstić information content (AvgIpc) is 2.37. The molecular weight excluding hydrogens is 220 g/mol. The van der Waals surface area contributed by atoms with Crippen LogP contribution in [0, 0.1) is 0 Å². The van der Waals surface area contributed by atoms with Gasteiger partial charge < -0.3 is 9.72 Å². The molecule has 0 fully saturated rings. The monoisotopic (exact) mass is 232 g/mol. The molecule has 0 bridgehead atoms. The molecular formula is C11H12N4O2. The first-order chi connectivity index (χ1) is 8.29. The van der Waals surface area contributed by atoms with Gasteiger partial charge >= 0.3 is 0 Å². The molecule has 0 saturated heterocycles. The van der Waals surface area contributed by atoms with Gasteiger partial charge in [-0.25, -0.2) is 15.0 Å². The topological polar surface area (TPSA) is 80.8 Å². The van der Waals surface area contributed by atoms with Crippen molar-refractivity contribution in [1.82, 2.24) is 19.9 Å². The summed E-state index contributed by atoms with van der Waals surface area (Å²) in [7, 11) is 0. The molecule has 6 nitrogen and oxygen atoms in total. The van der Waals surface area contributed by atoms with Gasteiger partial charge in [-0.1, -0.05) is 0 Å². The fourth-order valence-electron chi connectivity index (χ4n) is 1.35. The van der Waals surface area contributed by atoms with E-state index in [0.717, 1.165) is 0 Å². The van der Waals surface area contributed by atoms with Crippen LogP contribution in [0.5, 0.6) is 0 Å². The first kappa shape index (κ1) is 11.4. The molecule has 0 aliphatic rings. The van der Waals surface area contributed by atoms with Crippen LogP contribution >= 0.6 is 0 Å². The lowest BCUT2D eigenvalue weighted by molar-refractivity contribution is 0.128. The molecule has 0 radical (unpaired) electrons. The number of hydrogen-bond acceptors (Lipinski definition) is 5. The number of nitrogens with one attached hydrogen (secondary N) is 1. The number of H-pyrrole nitrogens is 1. The van der Waals surface area contributed by atoms with Gasteiger partial charge in [0.15, 0.2) is 0 Å². The molecule has 0 atom stereocenters. The van der Waals surface area contributed by atoms with Crippen molar-refractivity contribution in [1.29, 1.82) is 0 Å². The second-order valence-electron chi connectivity index (χ2n) is 3.34. The zero-order valence-electron chi connectivity index (χ0n) is 9.38. The van der Waals surface area contributed by atoms with Gasteiger partial charge in [0.05, 0.1) is 5.69 Å². The van der Waals surface area contributed by atoms with Crippen molar-refractivity contribution >= 4 is 0 Å². The maximum atomic E-state index is 11.5. The Kier molecular flexibility index (Phi) is 3.56.